The molecule has 6 heteroatoms. The van der Waals surface area contributed by atoms with Crippen LogP contribution in [0, 0.1) is 5.92 Å². The minimum Gasteiger partial charge on any atom is -0.481 e. The van der Waals surface area contributed by atoms with Crippen LogP contribution in [0.25, 0.3) is 0 Å². The van der Waals surface area contributed by atoms with Crippen molar-refractivity contribution >= 4 is 23.5 Å². The summed E-state index contributed by atoms with van der Waals surface area (Å²) in [5.41, 5.74) is 6.58. The van der Waals surface area contributed by atoms with Crippen molar-refractivity contribution in [3.63, 3.8) is 0 Å². The number of hydrogen-bond donors (Lipinski definition) is 2. The Morgan fingerprint density at radius 3 is 2.81 bits per heavy atom. The van der Waals surface area contributed by atoms with Crippen LogP contribution in [0.15, 0.2) is 18.2 Å². The Labute approximate surface area is 128 Å². The summed E-state index contributed by atoms with van der Waals surface area (Å²) in [7, 11) is 0. The van der Waals surface area contributed by atoms with Gasteiger partial charge in [-0.05, 0) is 43.0 Å². The average Bonchev–Trinajstić information content (AvgIpc) is 2.86. The third-order valence-corrected chi connectivity index (χ3v) is 4.22. The molecular formula is C15H19ClN2O3. The SMILES string of the molecule is NC(=O)c1ccc(CN2CCC(CCC(=O)O)C2)c(Cl)c1. The molecule has 5 nitrogen and oxygen atoms in total. The van der Waals surface area contributed by atoms with E-state index in [9.17, 15) is 9.59 Å². The molecule has 1 aromatic carbocycles. The van der Waals surface area contributed by atoms with E-state index in [1.54, 1.807) is 12.1 Å². The van der Waals surface area contributed by atoms with E-state index in [0.717, 1.165) is 31.5 Å². The monoisotopic (exact) mass is 310 g/mol. The van der Waals surface area contributed by atoms with Crippen LogP contribution in [0.1, 0.15) is 35.2 Å². The molecule has 1 aromatic rings. The summed E-state index contributed by atoms with van der Waals surface area (Å²) in [5.74, 6) is -0.790. The highest BCUT2D eigenvalue weighted by molar-refractivity contribution is 6.31. The fourth-order valence-corrected chi connectivity index (χ4v) is 2.93. The lowest BCUT2D eigenvalue weighted by Crippen LogP contribution is -2.21. The number of halogens is 1. The second-order valence-corrected chi connectivity index (χ2v) is 5.90. The lowest BCUT2D eigenvalue weighted by Gasteiger charge is -2.17. The van der Waals surface area contributed by atoms with Gasteiger partial charge < -0.3 is 10.8 Å². The number of likely N-dealkylation sites (tertiary alicyclic amines) is 1. The summed E-state index contributed by atoms with van der Waals surface area (Å²) in [5, 5.41) is 9.26. The van der Waals surface area contributed by atoms with E-state index in [-0.39, 0.29) is 6.42 Å². The molecule has 1 saturated heterocycles. The van der Waals surface area contributed by atoms with Gasteiger partial charge in [0.05, 0.1) is 0 Å². The summed E-state index contributed by atoms with van der Waals surface area (Å²) in [6, 6.07) is 5.10. The van der Waals surface area contributed by atoms with Crippen LogP contribution in [0.4, 0.5) is 0 Å². The average molecular weight is 311 g/mol. The molecule has 1 aliphatic heterocycles. The van der Waals surface area contributed by atoms with E-state index in [1.807, 2.05) is 6.07 Å². The van der Waals surface area contributed by atoms with E-state index in [0.29, 0.717) is 23.0 Å². The molecule has 1 unspecified atom stereocenters. The van der Waals surface area contributed by atoms with Crippen molar-refractivity contribution in [1.29, 1.82) is 0 Å². The Morgan fingerprint density at radius 2 is 2.19 bits per heavy atom. The highest BCUT2D eigenvalue weighted by Gasteiger charge is 2.23. The fraction of sp³-hybridized carbons (Fsp3) is 0.467. The van der Waals surface area contributed by atoms with Crippen molar-refractivity contribution in [1.82, 2.24) is 4.90 Å². The third kappa shape index (κ3) is 4.44. The molecule has 0 aliphatic carbocycles. The van der Waals surface area contributed by atoms with Crippen molar-refractivity contribution in [2.45, 2.75) is 25.8 Å². The lowest BCUT2D eigenvalue weighted by atomic mass is 10.0. The number of carboxylic acid groups (broad SMARTS) is 1. The molecule has 3 N–H and O–H groups in total. The molecule has 21 heavy (non-hydrogen) atoms. The molecule has 0 radical (unpaired) electrons. The number of primary amides is 1. The maximum absolute atomic E-state index is 11.1. The first-order chi connectivity index (χ1) is 9.95. The summed E-state index contributed by atoms with van der Waals surface area (Å²) in [6.45, 7) is 2.54. The summed E-state index contributed by atoms with van der Waals surface area (Å²) >= 11 is 6.18. The van der Waals surface area contributed by atoms with E-state index in [2.05, 4.69) is 4.90 Å². The Bertz CT molecular complexity index is 548. The van der Waals surface area contributed by atoms with E-state index in [1.165, 1.54) is 0 Å². The summed E-state index contributed by atoms with van der Waals surface area (Å²) < 4.78 is 0. The number of rotatable bonds is 6. The molecule has 1 amide bonds. The summed E-state index contributed by atoms with van der Waals surface area (Å²) in [6.07, 6.45) is 1.97. The second kappa shape index (κ2) is 6.91. The molecule has 1 fully saturated rings. The maximum atomic E-state index is 11.1. The molecule has 2 rings (SSSR count). The Hall–Kier alpha value is -1.59. The number of carboxylic acids is 1. The zero-order valence-electron chi connectivity index (χ0n) is 11.7. The third-order valence-electron chi connectivity index (χ3n) is 3.87. The predicted octanol–water partition coefficient (Wildman–Crippen LogP) is 2.13. The van der Waals surface area contributed by atoms with Gasteiger partial charge in [0.1, 0.15) is 0 Å². The van der Waals surface area contributed by atoms with Crippen LogP contribution in [0.3, 0.4) is 0 Å². The molecule has 0 bridgehead atoms. The molecule has 0 saturated carbocycles. The van der Waals surface area contributed by atoms with Gasteiger partial charge in [-0.15, -0.1) is 0 Å². The van der Waals surface area contributed by atoms with Crippen LogP contribution < -0.4 is 5.73 Å². The van der Waals surface area contributed by atoms with Gasteiger partial charge in [0, 0.05) is 30.1 Å². The molecule has 1 aliphatic rings. The van der Waals surface area contributed by atoms with Crippen molar-refractivity contribution < 1.29 is 14.7 Å². The molecule has 0 spiro atoms. The maximum Gasteiger partial charge on any atom is 0.303 e. The van der Waals surface area contributed by atoms with Crippen molar-refractivity contribution in [2.75, 3.05) is 13.1 Å². The topological polar surface area (TPSA) is 83.6 Å². The molecular weight excluding hydrogens is 292 g/mol. The predicted molar refractivity (Wildman–Crippen MR) is 80.2 cm³/mol. The fourth-order valence-electron chi connectivity index (χ4n) is 2.69. The second-order valence-electron chi connectivity index (χ2n) is 5.49. The van der Waals surface area contributed by atoms with E-state index in [4.69, 9.17) is 22.4 Å². The standard InChI is InChI=1S/C15H19ClN2O3/c16-13-7-11(15(17)21)2-3-12(13)9-18-6-5-10(8-18)1-4-14(19)20/h2-3,7,10H,1,4-6,8-9H2,(H2,17,21)(H,19,20). The first kappa shape index (κ1) is 15.8. The number of carbonyl (C=O) groups is 2. The summed E-state index contributed by atoms with van der Waals surface area (Å²) in [4.78, 5) is 23.9. The van der Waals surface area contributed by atoms with Gasteiger partial charge in [0.25, 0.3) is 0 Å². The van der Waals surface area contributed by atoms with Gasteiger partial charge >= 0.3 is 5.97 Å². The number of nitrogens with two attached hydrogens (primary N) is 1. The van der Waals surface area contributed by atoms with E-state index >= 15 is 0 Å². The Morgan fingerprint density at radius 1 is 1.43 bits per heavy atom. The zero-order chi connectivity index (χ0) is 15.4. The van der Waals surface area contributed by atoms with Gasteiger partial charge in [-0.25, -0.2) is 0 Å². The van der Waals surface area contributed by atoms with Gasteiger partial charge in [-0.3, -0.25) is 14.5 Å². The smallest absolute Gasteiger partial charge is 0.303 e. The van der Waals surface area contributed by atoms with Crippen molar-refractivity contribution in [3.05, 3.63) is 34.3 Å². The van der Waals surface area contributed by atoms with Gasteiger partial charge in [-0.2, -0.15) is 0 Å². The zero-order valence-corrected chi connectivity index (χ0v) is 12.5. The van der Waals surface area contributed by atoms with Crippen LogP contribution in [-0.2, 0) is 11.3 Å². The largest absolute Gasteiger partial charge is 0.481 e. The highest BCUT2D eigenvalue weighted by Crippen LogP contribution is 2.25. The van der Waals surface area contributed by atoms with E-state index < -0.39 is 11.9 Å². The number of benzene rings is 1. The first-order valence-corrected chi connectivity index (χ1v) is 7.36. The van der Waals surface area contributed by atoms with Gasteiger partial charge in [0.2, 0.25) is 5.91 Å². The van der Waals surface area contributed by atoms with Crippen molar-refractivity contribution in [2.24, 2.45) is 11.7 Å². The Balaban J connectivity index is 1.91. The number of hydrogen-bond acceptors (Lipinski definition) is 3. The Kier molecular flexibility index (Phi) is 5.20. The number of aliphatic carboxylic acids is 1. The molecule has 0 aromatic heterocycles. The highest BCUT2D eigenvalue weighted by atomic mass is 35.5. The minimum absolute atomic E-state index is 0.229. The minimum atomic E-state index is -0.737. The quantitative estimate of drug-likeness (QED) is 0.843. The van der Waals surface area contributed by atoms with Gasteiger partial charge in [0.15, 0.2) is 0 Å². The number of carbonyl (C=O) groups excluding carboxylic acids is 1. The molecule has 1 heterocycles. The lowest BCUT2D eigenvalue weighted by molar-refractivity contribution is -0.137. The number of amides is 1. The first-order valence-electron chi connectivity index (χ1n) is 6.98. The normalized spacial score (nSPS) is 18.8. The van der Waals surface area contributed by atoms with Crippen LogP contribution in [-0.4, -0.2) is 35.0 Å². The van der Waals surface area contributed by atoms with Crippen LogP contribution in [0.5, 0.6) is 0 Å². The van der Waals surface area contributed by atoms with Crippen molar-refractivity contribution in [3.8, 4) is 0 Å². The molecule has 114 valence electrons. The molecule has 1 atom stereocenters. The van der Waals surface area contributed by atoms with Gasteiger partial charge in [-0.1, -0.05) is 17.7 Å². The number of nitrogens with zero attached hydrogens (tertiary/aromatic N) is 1. The van der Waals surface area contributed by atoms with Crippen LogP contribution >= 0.6 is 11.6 Å². The van der Waals surface area contributed by atoms with Crippen LogP contribution in [0.2, 0.25) is 5.02 Å².